The summed E-state index contributed by atoms with van der Waals surface area (Å²) in [5.74, 6) is 2.48. The third-order valence-corrected chi connectivity index (χ3v) is 7.43. The number of fused-ring (bicyclic) bond motifs is 1. The van der Waals surface area contributed by atoms with Gasteiger partial charge in [-0.2, -0.15) is 4.98 Å². The lowest BCUT2D eigenvalue weighted by Gasteiger charge is -2.32. The molecule has 3 heterocycles. The fourth-order valence-electron chi connectivity index (χ4n) is 5.22. The molecule has 2 aromatic carbocycles. The van der Waals surface area contributed by atoms with E-state index in [-0.39, 0.29) is 0 Å². The van der Waals surface area contributed by atoms with Crippen LogP contribution < -0.4 is 5.32 Å². The number of rotatable bonds is 8. The minimum absolute atomic E-state index is 0.526. The number of aromatic nitrogens is 4. The highest BCUT2D eigenvalue weighted by Gasteiger charge is 2.25. The molecule has 4 aromatic rings. The summed E-state index contributed by atoms with van der Waals surface area (Å²) in [4.78, 5) is 17.3. The number of aryl methyl sites for hydroxylation is 2. The lowest BCUT2D eigenvalue weighted by atomic mass is 9.93. The molecule has 0 atom stereocenters. The zero-order valence-corrected chi connectivity index (χ0v) is 20.5. The third-order valence-electron chi connectivity index (χ3n) is 7.43. The molecular formula is C29H34N6. The average Bonchev–Trinajstić information content (AvgIpc) is 3.63. The van der Waals surface area contributed by atoms with Crippen LogP contribution in [0.1, 0.15) is 43.4 Å². The van der Waals surface area contributed by atoms with Crippen LogP contribution in [0.25, 0.3) is 22.6 Å². The Morgan fingerprint density at radius 1 is 0.857 bits per heavy atom. The normalized spacial score (nSPS) is 17.2. The number of nitrogens with one attached hydrogen (secondary N) is 1. The Balaban J connectivity index is 1.20. The maximum atomic E-state index is 5.04. The molecule has 0 bridgehead atoms. The Kier molecular flexibility index (Phi) is 6.21. The van der Waals surface area contributed by atoms with Crippen molar-refractivity contribution in [3.63, 3.8) is 0 Å². The van der Waals surface area contributed by atoms with E-state index in [1.54, 1.807) is 0 Å². The molecule has 1 aliphatic carbocycles. The maximum Gasteiger partial charge on any atom is 0.225 e. The van der Waals surface area contributed by atoms with Gasteiger partial charge in [-0.1, -0.05) is 60.7 Å². The van der Waals surface area contributed by atoms with Crippen molar-refractivity contribution >= 4 is 17.1 Å². The molecule has 1 saturated carbocycles. The standard InChI is InChI=1S/C29H34N6/c1-21-26-28(33-29(30-21)31-25-12-13-25)35(27(32-26)24-10-6-3-7-11-24)19-16-22-14-17-34(18-15-22)20-23-8-4-2-5-9-23/h2-11,22,25H,12-20H2,1H3,(H,30,31,33). The van der Waals surface area contributed by atoms with Crippen molar-refractivity contribution in [1.82, 2.24) is 24.4 Å². The number of hydrogen-bond acceptors (Lipinski definition) is 5. The van der Waals surface area contributed by atoms with E-state index in [4.69, 9.17) is 15.0 Å². The number of piperidine rings is 1. The van der Waals surface area contributed by atoms with E-state index < -0.39 is 0 Å². The molecule has 0 radical (unpaired) electrons. The second-order valence-electron chi connectivity index (χ2n) is 10.2. The zero-order chi connectivity index (χ0) is 23.6. The van der Waals surface area contributed by atoms with Gasteiger partial charge in [0.05, 0.1) is 5.69 Å². The summed E-state index contributed by atoms with van der Waals surface area (Å²) in [6, 6.07) is 21.9. The van der Waals surface area contributed by atoms with Gasteiger partial charge in [0.1, 0.15) is 11.3 Å². The molecule has 0 unspecified atom stereocenters. The Bertz CT molecular complexity index is 1270. The van der Waals surface area contributed by atoms with Gasteiger partial charge in [0.2, 0.25) is 5.95 Å². The molecule has 1 aliphatic heterocycles. The van der Waals surface area contributed by atoms with Crippen molar-refractivity contribution in [2.24, 2.45) is 5.92 Å². The molecule has 6 rings (SSSR count). The summed E-state index contributed by atoms with van der Waals surface area (Å²) in [6.45, 7) is 6.39. The van der Waals surface area contributed by atoms with Gasteiger partial charge in [0.25, 0.3) is 0 Å². The quantitative estimate of drug-likeness (QED) is 0.362. The van der Waals surface area contributed by atoms with Crippen molar-refractivity contribution in [2.45, 2.75) is 58.2 Å². The van der Waals surface area contributed by atoms with Crippen LogP contribution in [0.4, 0.5) is 5.95 Å². The Morgan fingerprint density at radius 3 is 2.29 bits per heavy atom. The predicted octanol–water partition coefficient (Wildman–Crippen LogP) is 5.68. The SMILES string of the molecule is Cc1nc(NC2CC2)nc2c1nc(-c1ccccc1)n2CCC1CCN(Cc2ccccc2)CC1. The van der Waals surface area contributed by atoms with Gasteiger partial charge in [-0.3, -0.25) is 4.90 Å². The van der Waals surface area contributed by atoms with Crippen LogP contribution in [0.3, 0.4) is 0 Å². The molecule has 6 heteroatoms. The zero-order valence-electron chi connectivity index (χ0n) is 20.5. The molecule has 35 heavy (non-hydrogen) atoms. The van der Waals surface area contributed by atoms with Gasteiger partial charge in [-0.15, -0.1) is 0 Å². The first-order valence-electron chi connectivity index (χ1n) is 13.1. The molecule has 2 aromatic heterocycles. The second-order valence-corrected chi connectivity index (χ2v) is 10.2. The van der Waals surface area contributed by atoms with Crippen LogP contribution in [0.5, 0.6) is 0 Å². The van der Waals surface area contributed by atoms with Crippen LogP contribution in [0.15, 0.2) is 60.7 Å². The van der Waals surface area contributed by atoms with E-state index in [1.165, 1.54) is 44.3 Å². The lowest BCUT2D eigenvalue weighted by molar-refractivity contribution is 0.169. The van der Waals surface area contributed by atoms with Crippen LogP contribution >= 0.6 is 0 Å². The van der Waals surface area contributed by atoms with E-state index in [0.29, 0.717) is 6.04 Å². The fraction of sp³-hybridized carbons (Fsp3) is 0.414. The first kappa shape index (κ1) is 22.2. The van der Waals surface area contributed by atoms with E-state index >= 15 is 0 Å². The molecule has 180 valence electrons. The molecule has 2 aliphatic rings. The molecule has 1 saturated heterocycles. The topological polar surface area (TPSA) is 58.9 Å². The molecule has 6 nitrogen and oxygen atoms in total. The van der Waals surface area contributed by atoms with E-state index in [0.717, 1.165) is 59.6 Å². The molecule has 1 N–H and O–H groups in total. The largest absolute Gasteiger partial charge is 0.351 e. The number of hydrogen-bond donors (Lipinski definition) is 1. The summed E-state index contributed by atoms with van der Waals surface area (Å²) < 4.78 is 2.34. The summed E-state index contributed by atoms with van der Waals surface area (Å²) in [5, 5.41) is 3.49. The van der Waals surface area contributed by atoms with Gasteiger partial charge in [0.15, 0.2) is 5.65 Å². The van der Waals surface area contributed by atoms with Crippen molar-refractivity contribution in [1.29, 1.82) is 0 Å². The molecule has 0 spiro atoms. The summed E-state index contributed by atoms with van der Waals surface area (Å²) in [6.07, 6.45) is 6.07. The van der Waals surface area contributed by atoms with Gasteiger partial charge in [-0.05, 0) is 63.6 Å². The van der Waals surface area contributed by atoms with Gasteiger partial charge in [-0.25, -0.2) is 9.97 Å². The van der Waals surface area contributed by atoms with E-state index in [9.17, 15) is 0 Å². The van der Waals surface area contributed by atoms with Crippen LogP contribution in [-0.2, 0) is 13.1 Å². The maximum absolute atomic E-state index is 5.04. The van der Waals surface area contributed by atoms with Crippen molar-refractivity contribution in [2.75, 3.05) is 18.4 Å². The second kappa shape index (κ2) is 9.78. The average molecular weight is 467 g/mol. The van der Waals surface area contributed by atoms with E-state index in [1.807, 2.05) is 0 Å². The van der Waals surface area contributed by atoms with Crippen molar-refractivity contribution in [3.05, 3.63) is 71.9 Å². The highest BCUT2D eigenvalue weighted by atomic mass is 15.2. The first-order chi connectivity index (χ1) is 17.2. The van der Waals surface area contributed by atoms with Crippen LogP contribution in [-0.4, -0.2) is 43.6 Å². The number of nitrogens with zero attached hydrogens (tertiary/aromatic N) is 5. The summed E-state index contributed by atoms with van der Waals surface area (Å²) >= 11 is 0. The number of imidazole rings is 1. The lowest BCUT2D eigenvalue weighted by Crippen LogP contribution is -2.33. The first-order valence-corrected chi connectivity index (χ1v) is 13.1. The van der Waals surface area contributed by atoms with E-state index in [2.05, 4.69) is 82.4 Å². The summed E-state index contributed by atoms with van der Waals surface area (Å²) in [7, 11) is 0. The number of likely N-dealkylation sites (tertiary alicyclic amines) is 1. The van der Waals surface area contributed by atoms with Crippen LogP contribution in [0.2, 0.25) is 0 Å². The summed E-state index contributed by atoms with van der Waals surface area (Å²) in [5.41, 5.74) is 5.38. The Hall–Kier alpha value is -3.25. The number of benzene rings is 2. The minimum Gasteiger partial charge on any atom is -0.351 e. The Labute approximate surface area is 207 Å². The predicted molar refractivity (Wildman–Crippen MR) is 141 cm³/mol. The van der Waals surface area contributed by atoms with Crippen molar-refractivity contribution in [3.8, 4) is 11.4 Å². The molecule has 0 amide bonds. The van der Waals surface area contributed by atoms with Gasteiger partial charge in [0, 0.05) is 24.7 Å². The van der Waals surface area contributed by atoms with Gasteiger partial charge >= 0.3 is 0 Å². The van der Waals surface area contributed by atoms with Crippen molar-refractivity contribution < 1.29 is 0 Å². The molecule has 2 fully saturated rings. The minimum atomic E-state index is 0.526. The van der Waals surface area contributed by atoms with Gasteiger partial charge < -0.3 is 9.88 Å². The highest BCUT2D eigenvalue weighted by Crippen LogP contribution is 2.30. The monoisotopic (exact) mass is 466 g/mol. The molecular weight excluding hydrogens is 432 g/mol. The number of anilines is 1. The highest BCUT2D eigenvalue weighted by molar-refractivity contribution is 5.80. The third kappa shape index (κ3) is 5.08. The Morgan fingerprint density at radius 2 is 1.57 bits per heavy atom. The fourth-order valence-corrected chi connectivity index (χ4v) is 5.22. The smallest absolute Gasteiger partial charge is 0.225 e. The van der Waals surface area contributed by atoms with Crippen LogP contribution in [0, 0.1) is 12.8 Å².